The average molecular weight is 315 g/mol. The molecule has 1 aliphatic heterocycles. The summed E-state index contributed by atoms with van der Waals surface area (Å²) in [5.41, 5.74) is 1.04. The highest BCUT2D eigenvalue weighted by Gasteiger charge is 2.25. The molecular formula is C14H20BrFN2. The minimum absolute atomic E-state index is 0.171. The molecule has 0 saturated carbocycles. The highest BCUT2D eigenvalue weighted by atomic mass is 79.9. The van der Waals surface area contributed by atoms with Gasteiger partial charge in [0.25, 0.3) is 0 Å². The van der Waals surface area contributed by atoms with Gasteiger partial charge in [0.2, 0.25) is 0 Å². The SMILES string of the molecule is CN(C)CC1CCCN1Cc1cccc(F)c1Br. The topological polar surface area (TPSA) is 6.48 Å². The van der Waals surface area contributed by atoms with Gasteiger partial charge in [-0.25, -0.2) is 4.39 Å². The molecule has 0 bridgehead atoms. The third-order valence-electron chi connectivity index (χ3n) is 3.48. The molecule has 2 nitrogen and oxygen atoms in total. The summed E-state index contributed by atoms with van der Waals surface area (Å²) in [6.07, 6.45) is 2.48. The molecule has 0 aromatic heterocycles. The Morgan fingerprint density at radius 3 is 2.94 bits per heavy atom. The molecule has 4 heteroatoms. The predicted molar refractivity (Wildman–Crippen MR) is 76.1 cm³/mol. The Kier molecular flexibility index (Phi) is 4.76. The third kappa shape index (κ3) is 3.31. The first kappa shape index (κ1) is 14.0. The number of hydrogen-bond acceptors (Lipinski definition) is 2. The lowest BCUT2D eigenvalue weighted by atomic mass is 10.1. The Balaban J connectivity index is 2.06. The van der Waals surface area contributed by atoms with Crippen molar-refractivity contribution in [3.63, 3.8) is 0 Å². The zero-order valence-electron chi connectivity index (χ0n) is 11.0. The smallest absolute Gasteiger partial charge is 0.137 e. The van der Waals surface area contributed by atoms with Crippen LogP contribution in [-0.4, -0.2) is 43.0 Å². The van der Waals surface area contributed by atoms with E-state index in [0.717, 1.165) is 25.2 Å². The standard InChI is InChI=1S/C14H20BrFN2/c1-17(2)10-12-6-4-8-18(12)9-11-5-3-7-13(16)14(11)15/h3,5,7,12H,4,6,8-10H2,1-2H3. The molecule has 1 heterocycles. The van der Waals surface area contributed by atoms with Crippen molar-refractivity contribution in [1.29, 1.82) is 0 Å². The number of hydrogen-bond donors (Lipinski definition) is 0. The molecule has 100 valence electrons. The fourth-order valence-corrected chi connectivity index (χ4v) is 3.01. The van der Waals surface area contributed by atoms with Crippen LogP contribution in [0.5, 0.6) is 0 Å². The number of nitrogens with zero attached hydrogens (tertiary/aromatic N) is 2. The van der Waals surface area contributed by atoms with Crippen LogP contribution in [0.1, 0.15) is 18.4 Å². The van der Waals surface area contributed by atoms with Crippen molar-refractivity contribution in [1.82, 2.24) is 9.80 Å². The van der Waals surface area contributed by atoms with Gasteiger partial charge in [0, 0.05) is 19.1 Å². The van der Waals surface area contributed by atoms with Crippen molar-refractivity contribution < 1.29 is 4.39 Å². The lowest BCUT2D eigenvalue weighted by Gasteiger charge is -2.27. The minimum Gasteiger partial charge on any atom is -0.308 e. The van der Waals surface area contributed by atoms with E-state index >= 15 is 0 Å². The molecule has 1 fully saturated rings. The molecule has 1 aromatic carbocycles. The van der Waals surface area contributed by atoms with Gasteiger partial charge in [0.1, 0.15) is 5.82 Å². The number of likely N-dealkylation sites (N-methyl/N-ethyl adjacent to an activating group) is 1. The number of likely N-dealkylation sites (tertiary alicyclic amines) is 1. The highest BCUT2D eigenvalue weighted by molar-refractivity contribution is 9.10. The van der Waals surface area contributed by atoms with Gasteiger partial charge in [-0.15, -0.1) is 0 Å². The van der Waals surface area contributed by atoms with Crippen LogP contribution in [0.4, 0.5) is 4.39 Å². The van der Waals surface area contributed by atoms with Crippen LogP contribution in [0.3, 0.4) is 0 Å². The van der Waals surface area contributed by atoms with Gasteiger partial charge in [-0.05, 0) is 61.0 Å². The van der Waals surface area contributed by atoms with Gasteiger partial charge < -0.3 is 4.90 Å². The normalized spacial score (nSPS) is 20.8. The number of halogens is 2. The molecule has 0 N–H and O–H groups in total. The maximum Gasteiger partial charge on any atom is 0.137 e. The molecule has 0 spiro atoms. The Morgan fingerprint density at radius 2 is 2.22 bits per heavy atom. The van der Waals surface area contributed by atoms with Gasteiger partial charge in [-0.3, -0.25) is 4.90 Å². The summed E-state index contributed by atoms with van der Waals surface area (Å²) < 4.78 is 14.1. The van der Waals surface area contributed by atoms with Crippen LogP contribution < -0.4 is 0 Å². The van der Waals surface area contributed by atoms with Crippen LogP contribution >= 0.6 is 15.9 Å². The molecule has 0 aliphatic carbocycles. The first-order chi connectivity index (χ1) is 8.58. The average Bonchev–Trinajstić information content (AvgIpc) is 2.72. The fourth-order valence-electron chi connectivity index (χ4n) is 2.62. The van der Waals surface area contributed by atoms with E-state index in [0.29, 0.717) is 10.5 Å². The first-order valence-corrected chi connectivity index (χ1v) is 7.19. The first-order valence-electron chi connectivity index (χ1n) is 6.39. The van der Waals surface area contributed by atoms with Gasteiger partial charge in [0.05, 0.1) is 4.47 Å². The Hall–Kier alpha value is -0.450. The molecule has 1 aliphatic rings. The summed E-state index contributed by atoms with van der Waals surface area (Å²) in [4.78, 5) is 4.68. The molecule has 0 radical (unpaired) electrons. The van der Waals surface area contributed by atoms with Crippen molar-refractivity contribution in [2.45, 2.75) is 25.4 Å². The maximum absolute atomic E-state index is 13.5. The van der Waals surface area contributed by atoms with E-state index in [2.05, 4.69) is 39.8 Å². The summed E-state index contributed by atoms with van der Waals surface area (Å²) in [6, 6.07) is 5.87. The van der Waals surface area contributed by atoms with Gasteiger partial charge in [-0.2, -0.15) is 0 Å². The summed E-state index contributed by atoms with van der Waals surface area (Å²) in [6.45, 7) is 3.02. The van der Waals surface area contributed by atoms with E-state index in [9.17, 15) is 4.39 Å². The molecule has 1 aromatic rings. The monoisotopic (exact) mass is 314 g/mol. The van der Waals surface area contributed by atoms with Crippen LogP contribution in [0.25, 0.3) is 0 Å². The van der Waals surface area contributed by atoms with Crippen molar-refractivity contribution in [3.8, 4) is 0 Å². The van der Waals surface area contributed by atoms with E-state index in [4.69, 9.17) is 0 Å². The predicted octanol–water partition coefficient (Wildman–Crippen LogP) is 3.11. The minimum atomic E-state index is -0.171. The summed E-state index contributed by atoms with van der Waals surface area (Å²) in [5.74, 6) is -0.171. The van der Waals surface area contributed by atoms with E-state index in [1.54, 1.807) is 6.07 Å². The maximum atomic E-state index is 13.5. The molecule has 1 saturated heterocycles. The van der Waals surface area contributed by atoms with Crippen molar-refractivity contribution in [2.24, 2.45) is 0 Å². The molecule has 18 heavy (non-hydrogen) atoms. The Morgan fingerprint density at radius 1 is 1.44 bits per heavy atom. The van der Waals surface area contributed by atoms with E-state index in [1.165, 1.54) is 18.9 Å². The summed E-state index contributed by atoms with van der Waals surface area (Å²) >= 11 is 3.35. The highest BCUT2D eigenvalue weighted by Crippen LogP contribution is 2.26. The molecular weight excluding hydrogens is 295 g/mol. The second-order valence-corrected chi connectivity index (χ2v) is 6.03. The zero-order valence-corrected chi connectivity index (χ0v) is 12.6. The lowest BCUT2D eigenvalue weighted by molar-refractivity contribution is 0.200. The number of benzene rings is 1. The van der Waals surface area contributed by atoms with Crippen LogP contribution in [0.15, 0.2) is 22.7 Å². The second-order valence-electron chi connectivity index (χ2n) is 5.24. The molecule has 0 amide bonds. The van der Waals surface area contributed by atoms with Crippen molar-refractivity contribution >= 4 is 15.9 Å². The van der Waals surface area contributed by atoms with Crippen LogP contribution in [-0.2, 0) is 6.54 Å². The Labute approximate surface area is 117 Å². The second kappa shape index (κ2) is 6.13. The zero-order chi connectivity index (χ0) is 13.1. The van der Waals surface area contributed by atoms with E-state index < -0.39 is 0 Å². The Bertz CT molecular complexity index is 409. The van der Waals surface area contributed by atoms with Crippen molar-refractivity contribution in [2.75, 3.05) is 27.2 Å². The fraction of sp³-hybridized carbons (Fsp3) is 0.571. The third-order valence-corrected chi connectivity index (χ3v) is 4.37. The summed E-state index contributed by atoms with van der Waals surface area (Å²) in [5, 5.41) is 0. The molecule has 2 rings (SSSR count). The quantitative estimate of drug-likeness (QED) is 0.842. The number of rotatable bonds is 4. The molecule has 1 unspecified atom stereocenters. The molecule has 1 atom stereocenters. The van der Waals surface area contributed by atoms with Crippen LogP contribution in [0, 0.1) is 5.82 Å². The van der Waals surface area contributed by atoms with Crippen LogP contribution in [0.2, 0.25) is 0 Å². The van der Waals surface area contributed by atoms with E-state index in [-0.39, 0.29) is 5.82 Å². The van der Waals surface area contributed by atoms with E-state index in [1.807, 2.05) is 6.07 Å². The van der Waals surface area contributed by atoms with Crippen molar-refractivity contribution in [3.05, 3.63) is 34.1 Å². The summed E-state index contributed by atoms with van der Waals surface area (Å²) in [7, 11) is 4.21. The van der Waals surface area contributed by atoms with Gasteiger partial charge in [-0.1, -0.05) is 12.1 Å². The lowest BCUT2D eigenvalue weighted by Crippen LogP contribution is -2.37. The largest absolute Gasteiger partial charge is 0.308 e. The van der Waals surface area contributed by atoms with Gasteiger partial charge in [0.15, 0.2) is 0 Å². The van der Waals surface area contributed by atoms with Gasteiger partial charge >= 0.3 is 0 Å².